The van der Waals surface area contributed by atoms with Crippen LogP contribution in [-0.2, 0) is 4.74 Å². The highest BCUT2D eigenvalue weighted by atomic mass is 35.5. The Bertz CT molecular complexity index is 753. The fourth-order valence-electron chi connectivity index (χ4n) is 3.29. The van der Waals surface area contributed by atoms with Gasteiger partial charge in [0.15, 0.2) is 29.4 Å². The molecular formula is C14H17ClFN5O3. The van der Waals surface area contributed by atoms with Crippen molar-refractivity contribution in [3.8, 4) is 0 Å². The lowest BCUT2D eigenvalue weighted by atomic mass is 10.1. The first-order valence-corrected chi connectivity index (χ1v) is 8.21. The van der Waals surface area contributed by atoms with E-state index in [9.17, 15) is 14.6 Å². The average molecular weight is 358 g/mol. The molecule has 0 radical (unpaired) electrons. The SMILES string of the molecule is OC[C@H]1O[C@@H](n2cnc3c(N4CCCC4)nc(Cl)nc32)[C@@H](F)[C@@H]1O. The first-order valence-electron chi connectivity index (χ1n) is 7.83. The molecule has 0 aromatic carbocycles. The number of ether oxygens (including phenoxy) is 1. The highest BCUT2D eigenvalue weighted by Crippen LogP contribution is 2.35. The summed E-state index contributed by atoms with van der Waals surface area (Å²) in [7, 11) is 0. The van der Waals surface area contributed by atoms with Crippen molar-refractivity contribution in [2.24, 2.45) is 0 Å². The number of fused-ring (bicyclic) bond motifs is 1. The van der Waals surface area contributed by atoms with Crippen LogP contribution in [0.3, 0.4) is 0 Å². The van der Waals surface area contributed by atoms with Gasteiger partial charge in [0.2, 0.25) is 5.28 Å². The molecule has 2 N–H and O–H groups in total. The average Bonchev–Trinajstić information content (AvgIpc) is 3.28. The Hall–Kier alpha value is -1.55. The second kappa shape index (κ2) is 6.07. The number of hydrogen-bond donors (Lipinski definition) is 2. The number of aliphatic hydroxyl groups is 2. The highest BCUT2D eigenvalue weighted by Gasteiger charge is 2.45. The maximum atomic E-state index is 14.4. The lowest BCUT2D eigenvalue weighted by molar-refractivity contribution is -0.0459. The summed E-state index contributed by atoms with van der Waals surface area (Å²) in [6, 6.07) is 0. The van der Waals surface area contributed by atoms with Gasteiger partial charge in [0.05, 0.1) is 12.9 Å². The van der Waals surface area contributed by atoms with E-state index >= 15 is 0 Å². The fraction of sp³-hybridized carbons (Fsp3) is 0.643. The number of hydrogen-bond acceptors (Lipinski definition) is 7. The lowest BCUT2D eigenvalue weighted by Gasteiger charge is -2.18. The molecule has 2 aliphatic rings. The minimum absolute atomic E-state index is 0.0406. The maximum Gasteiger partial charge on any atom is 0.226 e. The van der Waals surface area contributed by atoms with Crippen molar-refractivity contribution < 1.29 is 19.3 Å². The smallest absolute Gasteiger partial charge is 0.226 e. The molecule has 0 saturated carbocycles. The van der Waals surface area contributed by atoms with Gasteiger partial charge in [0.1, 0.15) is 12.2 Å². The van der Waals surface area contributed by atoms with Crippen molar-refractivity contribution >= 4 is 28.6 Å². The van der Waals surface area contributed by atoms with E-state index in [4.69, 9.17) is 16.3 Å². The molecule has 4 atom stereocenters. The number of aliphatic hydroxyl groups excluding tert-OH is 2. The van der Waals surface area contributed by atoms with Gasteiger partial charge in [-0.25, -0.2) is 9.37 Å². The van der Waals surface area contributed by atoms with Gasteiger partial charge in [-0.15, -0.1) is 0 Å². The molecule has 4 rings (SSSR count). The predicted molar refractivity (Wildman–Crippen MR) is 83.7 cm³/mol. The molecule has 0 amide bonds. The zero-order chi connectivity index (χ0) is 16.8. The topological polar surface area (TPSA) is 96.5 Å². The maximum absolute atomic E-state index is 14.4. The third-order valence-electron chi connectivity index (χ3n) is 4.53. The first kappa shape index (κ1) is 15.9. The van der Waals surface area contributed by atoms with E-state index in [0.717, 1.165) is 25.9 Å². The predicted octanol–water partition coefficient (Wildman–Crippen LogP) is 0.669. The van der Waals surface area contributed by atoms with Crippen molar-refractivity contribution in [1.82, 2.24) is 19.5 Å². The van der Waals surface area contributed by atoms with Crippen LogP contribution in [0.4, 0.5) is 10.2 Å². The van der Waals surface area contributed by atoms with Crippen LogP contribution in [0.15, 0.2) is 6.33 Å². The molecule has 130 valence electrons. The molecule has 0 spiro atoms. The molecule has 4 heterocycles. The Morgan fingerprint density at radius 2 is 2.08 bits per heavy atom. The van der Waals surface area contributed by atoms with Gasteiger partial charge in [-0.3, -0.25) is 4.57 Å². The minimum Gasteiger partial charge on any atom is -0.394 e. The second-order valence-corrected chi connectivity index (χ2v) is 6.36. The van der Waals surface area contributed by atoms with Gasteiger partial charge in [-0.2, -0.15) is 9.97 Å². The highest BCUT2D eigenvalue weighted by molar-refractivity contribution is 6.28. The number of nitrogens with zero attached hydrogens (tertiary/aromatic N) is 5. The first-order chi connectivity index (χ1) is 11.6. The summed E-state index contributed by atoms with van der Waals surface area (Å²) >= 11 is 6.04. The molecule has 2 saturated heterocycles. The number of halogens is 2. The van der Waals surface area contributed by atoms with Crippen molar-refractivity contribution in [3.05, 3.63) is 11.6 Å². The van der Waals surface area contributed by atoms with E-state index in [0.29, 0.717) is 17.0 Å². The third-order valence-corrected chi connectivity index (χ3v) is 4.70. The van der Waals surface area contributed by atoms with Crippen molar-refractivity contribution in [2.75, 3.05) is 24.6 Å². The van der Waals surface area contributed by atoms with Crippen molar-refractivity contribution in [2.45, 2.75) is 37.4 Å². The minimum atomic E-state index is -1.71. The Kier molecular flexibility index (Phi) is 4.03. The number of anilines is 1. The van der Waals surface area contributed by atoms with Crippen LogP contribution in [0.2, 0.25) is 5.28 Å². The molecule has 0 unspecified atom stereocenters. The van der Waals surface area contributed by atoms with Gasteiger partial charge in [-0.05, 0) is 24.4 Å². The van der Waals surface area contributed by atoms with E-state index in [2.05, 4.69) is 19.9 Å². The third kappa shape index (κ3) is 2.43. The molecule has 2 aliphatic heterocycles. The van der Waals surface area contributed by atoms with Crippen LogP contribution in [-0.4, -0.2) is 67.8 Å². The van der Waals surface area contributed by atoms with Gasteiger partial charge < -0.3 is 19.8 Å². The van der Waals surface area contributed by atoms with E-state index < -0.39 is 31.2 Å². The number of rotatable bonds is 3. The normalized spacial score (nSPS) is 30.6. The molecule has 2 aromatic rings. The molecule has 8 nitrogen and oxygen atoms in total. The number of alkyl halides is 1. The van der Waals surface area contributed by atoms with Crippen LogP contribution in [0.25, 0.3) is 11.2 Å². The van der Waals surface area contributed by atoms with E-state index in [1.54, 1.807) is 0 Å². The molecule has 2 fully saturated rings. The summed E-state index contributed by atoms with van der Waals surface area (Å²) < 4.78 is 21.2. The van der Waals surface area contributed by atoms with Crippen LogP contribution in [0.5, 0.6) is 0 Å². The summed E-state index contributed by atoms with van der Waals surface area (Å²) in [5.41, 5.74) is 0.856. The van der Waals surface area contributed by atoms with Crippen LogP contribution >= 0.6 is 11.6 Å². The van der Waals surface area contributed by atoms with Crippen molar-refractivity contribution in [3.63, 3.8) is 0 Å². The summed E-state index contributed by atoms with van der Waals surface area (Å²) in [4.78, 5) is 14.8. The molecular weight excluding hydrogens is 341 g/mol. The van der Waals surface area contributed by atoms with Gasteiger partial charge in [0.25, 0.3) is 0 Å². The van der Waals surface area contributed by atoms with Crippen LogP contribution < -0.4 is 4.90 Å². The zero-order valence-electron chi connectivity index (χ0n) is 12.7. The summed E-state index contributed by atoms with van der Waals surface area (Å²) in [5, 5.41) is 19.0. The van der Waals surface area contributed by atoms with Crippen molar-refractivity contribution in [1.29, 1.82) is 0 Å². The molecule has 0 aliphatic carbocycles. The Morgan fingerprint density at radius 3 is 2.75 bits per heavy atom. The second-order valence-electron chi connectivity index (χ2n) is 6.02. The molecule has 10 heteroatoms. The summed E-state index contributed by atoms with van der Waals surface area (Å²) in [5.74, 6) is 0.619. The van der Waals surface area contributed by atoms with Gasteiger partial charge in [-0.1, -0.05) is 0 Å². The Balaban J connectivity index is 1.78. The lowest BCUT2D eigenvalue weighted by Crippen LogP contribution is -2.30. The zero-order valence-corrected chi connectivity index (χ0v) is 13.5. The van der Waals surface area contributed by atoms with E-state index in [1.165, 1.54) is 10.9 Å². The number of aromatic nitrogens is 4. The van der Waals surface area contributed by atoms with E-state index in [-0.39, 0.29) is 5.28 Å². The fourth-order valence-corrected chi connectivity index (χ4v) is 3.45. The Morgan fingerprint density at radius 1 is 1.33 bits per heavy atom. The standard InChI is InChI=1S/C14H17ClFN5O3/c15-14-18-11(20-3-1-2-4-20)9-12(19-14)21(6-17-9)13-8(16)10(23)7(5-22)24-13/h6-8,10,13,22-23H,1-5H2/t7-,8+,10-,13-/m1/s1. The molecule has 2 aromatic heterocycles. The largest absolute Gasteiger partial charge is 0.394 e. The molecule has 24 heavy (non-hydrogen) atoms. The summed E-state index contributed by atoms with van der Waals surface area (Å²) in [6.07, 6.45) is -1.70. The van der Waals surface area contributed by atoms with Gasteiger partial charge in [0, 0.05) is 13.1 Å². The van der Waals surface area contributed by atoms with Gasteiger partial charge >= 0.3 is 0 Å². The van der Waals surface area contributed by atoms with Crippen LogP contribution in [0.1, 0.15) is 19.1 Å². The molecule has 0 bridgehead atoms. The Labute approximate surface area is 141 Å². The number of imidazole rings is 1. The summed E-state index contributed by atoms with van der Waals surface area (Å²) in [6.45, 7) is 1.23. The quantitative estimate of drug-likeness (QED) is 0.779. The van der Waals surface area contributed by atoms with E-state index in [1.807, 2.05) is 0 Å². The van der Waals surface area contributed by atoms with Crippen LogP contribution in [0, 0.1) is 0 Å². The monoisotopic (exact) mass is 357 g/mol.